The number of carbonyl (C=O) groups excluding carboxylic acids is 3. The number of halogens is 3. The molecule has 0 atom stereocenters. The minimum absolute atomic E-state index is 0.0863. The Morgan fingerprint density at radius 1 is 1.00 bits per heavy atom. The molecule has 33 heavy (non-hydrogen) atoms. The van der Waals surface area contributed by atoms with Crippen LogP contribution in [0.3, 0.4) is 0 Å². The van der Waals surface area contributed by atoms with Gasteiger partial charge in [-0.15, -0.1) is 13.2 Å². The summed E-state index contributed by atoms with van der Waals surface area (Å²) in [6, 6.07) is 4.87. The lowest BCUT2D eigenvalue weighted by molar-refractivity contribution is -0.274. The molecule has 0 bridgehead atoms. The molecule has 0 radical (unpaired) electrons. The zero-order chi connectivity index (χ0) is 24.6. The molecule has 1 heterocycles. The molecule has 1 aromatic rings. The van der Waals surface area contributed by atoms with Crippen LogP contribution in [0.25, 0.3) is 0 Å². The maximum absolute atomic E-state index is 12.3. The van der Waals surface area contributed by atoms with Crippen molar-refractivity contribution in [2.75, 3.05) is 44.6 Å². The van der Waals surface area contributed by atoms with Crippen molar-refractivity contribution in [1.82, 2.24) is 15.1 Å². The number of nitrogens with one attached hydrogen (secondary N) is 2. The first kappa shape index (κ1) is 26.2. The predicted molar refractivity (Wildman–Crippen MR) is 114 cm³/mol. The van der Waals surface area contributed by atoms with Crippen LogP contribution < -0.4 is 15.4 Å². The fourth-order valence-corrected chi connectivity index (χ4v) is 3.04. The van der Waals surface area contributed by atoms with Crippen molar-refractivity contribution in [2.24, 2.45) is 0 Å². The second kappa shape index (κ2) is 11.2. The fraction of sp³-hybridized carbons (Fsp3) is 0.571. The van der Waals surface area contributed by atoms with Gasteiger partial charge in [0.25, 0.3) is 0 Å². The van der Waals surface area contributed by atoms with Gasteiger partial charge in [0.15, 0.2) is 0 Å². The summed E-state index contributed by atoms with van der Waals surface area (Å²) in [6.07, 6.45) is -5.20. The molecule has 0 spiro atoms. The number of benzene rings is 1. The van der Waals surface area contributed by atoms with Gasteiger partial charge in [0.2, 0.25) is 11.8 Å². The first-order valence-electron chi connectivity index (χ1n) is 10.4. The second-order valence-electron chi connectivity index (χ2n) is 8.46. The van der Waals surface area contributed by atoms with Gasteiger partial charge in [-0.25, -0.2) is 4.79 Å². The van der Waals surface area contributed by atoms with E-state index in [0.717, 1.165) is 12.1 Å². The third-order valence-corrected chi connectivity index (χ3v) is 4.47. The number of hydrogen-bond donors (Lipinski definition) is 2. The van der Waals surface area contributed by atoms with E-state index in [1.807, 2.05) is 4.90 Å². The van der Waals surface area contributed by atoms with E-state index in [4.69, 9.17) is 4.74 Å². The summed E-state index contributed by atoms with van der Waals surface area (Å²) in [4.78, 5) is 39.7. The number of hydrogen-bond acceptors (Lipinski definition) is 6. The van der Waals surface area contributed by atoms with Crippen molar-refractivity contribution < 1.29 is 37.0 Å². The average molecular weight is 474 g/mol. The molecule has 12 heteroatoms. The zero-order valence-electron chi connectivity index (χ0n) is 18.8. The van der Waals surface area contributed by atoms with Gasteiger partial charge in [0.1, 0.15) is 11.4 Å². The van der Waals surface area contributed by atoms with Crippen molar-refractivity contribution in [3.63, 3.8) is 0 Å². The van der Waals surface area contributed by atoms with Crippen LogP contribution in [0.15, 0.2) is 24.3 Å². The van der Waals surface area contributed by atoms with Gasteiger partial charge in [-0.3, -0.25) is 14.5 Å². The highest BCUT2D eigenvalue weighted by Gasteiger charge is 2.31. The maximum atomic E-state index is 12.3. The normalized spacial score (nSPS) is 15.0. The Kier molecular flexibility index (Phi) is 8.91. The van der Waals surface area contributed by atoms with E-state index in [0.29, 0.717) is 31.9 Å². The minimum atomic E-state index is -4.77. The topological polar surface area (TPSA) is 100 Å². The Morgan fingerprint density at radius 2 is 1.61 bits per heavy atom. The monoisotopic (exact) mass is 474 g/mol. The Bertz CT molecular complexity index is 817. The predicted octanol–water partition coefficient (Wildman–Crippen LogP) is 2.58. The van der Waals surface area contributed by atoms with Crippen LogP contribution in [0, 0.1) is 0 Å². The molecule has 1 aliphatic rings. The number of nitrogens with zero attached hydrogens (tertiary/aromatic N) is 2. The van der Waals surface area contributed by atoms with Crippen molar-refractivity contribution in [1.29, 1.82) is 0 Å². The number of amides is 3. The van der Waals surface area contributed by atoms with Gasteiger partial charge in [-0.05, 0) is 45.0 Å². The van der Waals surface area contributed by atoms with Crippen LogP contribution in [-0.2, 0) is 14.3 Å². The molecular weight excluding hydrogens is 445 g/mol. The Labute approximate surface area is 190 Å². The van der Waals surface area contributed by atoms with E-state index in [-0.39, 0.29) is 37.1 Å². The van der Waals surface area contributed by atoms with Crippen LogP contribution in [0.2, 0.25) is 0 Å². The molecular formula is C21H29F3N4O5. The van der Waals surface area contributed by atoms with Crippen LogP contribution in [-0.4, -0.2) is 78.9 Å². The van der Waals surface area contributed by atoms with Crippen molar-refractivity contribution >= 4 is 23.6 Å². The Hall–Kier alpha value is -3.02. The molecule has 0 saturated carbocycles. The molecule has 0 aromatic heterocycles. The molecule has 1 aromatic carbocycles. The fourth-order valence-electron chi connectivity index (χ4n) is 3.04. The molecule has 0 unspecified atom stereocenters. The lowest BCUT2D eigenvalue weighted by atomic mass is 10.2. The summed E-state index contributed by atoms with van der Waals surface area (Å²) >= 11 is 0. The van der Waals surface area contributed by atoms with E-state index in [2.05, 4.69) is 15.4 Å². The first-order valence-corrected chi connectivity index (χ1v) is 10.4. The van der Waals surface area contributed by atoms with Gasteiger partial charge in [0, 0.05) is 44.8 Å². The number of alkyl halides is 3. The highest BCUT2D eigenvalue weighted by molar-refractivity contribution is 5.92. The Balaban J connectivity index is 1.67. The van der Waals surface area contributed by atoms with E-state index < -0.39 is 18.1 Å². The number of alkyl carbamates (subject to hydrolysis) is 1. The standard InChI is InChI=1S/C21H29F3N4O5/c1-20(2,3)33-19(31)25-9-8-18(30)28-12-10-27(11-13-28)14-17(29)26-15-4-6-16(7-5-15)32-21(22,23)24/h4-7H,8-14H2,1-3H3,(H,25,31)(H,26,29). The largest absolute Gasteiger partial charge is 0.573 e. The summed E-state index contributed by atoms with van der Waals surface area (Å²) in [5.41, 5.74) is -0.261. The molecule has 184 valence electrons. The smallest absolute Gasteiger partial charge is 0.444 e. The van der Waals surface area contributed by atoms with Gasteiger partial charge < -0.3 is 25.0 Å². The van der Waals surface area contributed by atoms with Gasteiger partial charge in [-0.1, -0.05) is 0 Å². The maximum Gasteiger partial charge on any atom is 0.573 e. The second-order valence-corrected chi connectivity index (χ2v) is 8.46. The highest BCUT2D eigenvalue weighted by atomic mass is 19.4. The number of anilines is 1. The molecule has 9 nitrogen and oxygen atoms in total. The van der Waals surface area contributed by atoms with Gasteiger partial charge in [0.05, 0.1) is 6.54 Å². The quantitative estimate of drug-likeness (QED) is 0.630. The number of rotatable bonds is 7. The lowest BCUT2D eigenvalue weighted by Gasteiger charge is -2.34. The van der Waals surface area contributed by atoms with Gasteiger partial charge in [-0.2, -0.15) is 0 Å². The van der Waals surface area contributed by atoms with E-state index in [1.54, 1.807) is 25.7 Å². The number of piperazine rings is 1. The molecule has 3 amide bonds. The molecule has 1 aliphatic heterocycles. The molecule has 1 saturated heterocycles. The van der Waals surface area contributed by atoms with Gasteiger partial charge >= 0.3 is 12.5 Å². The van der Waals surface area contributed by atoms with Crippen molar-refractivity contribution in [3.8, 4) is 5.75 Å². The molecule has 2 N–H and O–H groups in total. The SMILES string of the molecule is CC(C)(C)OC(=O)NCCC(=O)N1CCN(CC(=O)Nc2ccc(OC(F)(F)F)cc2)CC1. The lowest BCUT2D eigenvalue weighted by Crippen LogP contribution is -2.50. The molecule has 2 rings (SSSR count). The molecule has 0 aliphatic carbocycles. The van der Waals surface area contributed by atoms with E-state index in [9.17, 15) is 27.6 Å². The molecule has 1 fully saturated rings. The van der Waals surface area contributed by atoms with Crippen LogP contribution in [0.1, 0.15) is 27.2 Å². The summed E-state index contributed by atoms with van der Waals surface area (Å²) in [5.74, 6) is -0.792. The summed E-state index contributed by atoms with van der Waals surface area (Å²) < 4.78 is 45.5. The van der Waals surface area contributed by atoms with Crippen LogP contribution in [0.5, 0.6) is 5.75 Å². The summed E-state index contributed by atoms with van der Waals surface area (Å²) in [7, 11) is 0. The third-order valence-electron chi connectivity index (χ3n) is 4.47. The van der Waals surface area contributed by atoms with Crippen molar-refractivity contribution in [3.05, 3.63) is 24.3 Å². The average Bonchev–Trinajstić information content (AvgIpc) is 2.67. The Morgan fingerprint density at radius 3 is 2.15 bits per heavy atom. The minimum Gasteiger partial charge on any atom is -0.444 e. The first-order chi connectivity index (χ1) is 15.3. The highest BCUT2D eigenvalue weighted by Crippen LogP contribution is 2.24. The summed E-state index contributed by atoms with van der Waals surface area (Å²) in [5, 5.41) is 5.16. The van der Waals surface area contributed by atoms with E-state index in [1.165, 1.54) is 12.1 Å². The number of ether oxygens (including phenoxy) is 2. The third kappa shape index (κ3) is 10.4. The van der Waals surface area contributed by atoms with E-state index >= 15 is 0 Å². The zero-order valence-corrected chi connectivity index (χ0v) is 18.8. The number of carbonyl (C=O) groups is 3. The van der Waals surface area contributed by atoms with Crippen LogP contribution >= 0.6 is 0 Å². The van der Waals surface area contributed by atoms with Crippen LogP contribution in [0.4, 0.5) is 23.7 Å². The van der Waals surface area contributed by atoms with Crippen molar-refractivity contribution in [2.45, 2.75) is 39.2 Å². The summed E-state index contributed by atoms with van der Waals surface area (Å²) in [6.45, 7) is 7.40.